The fourth-order valence-corrected chi connectivity index (χ4v) is 5.54. The maximum atomic E-state index is 9.53. The molecule has 3 aliphatic rings. The Kier molecular flexibility index (Phi) is 3.11. The number of hydrogen-bond donors (Lipinski definition) is 0. The van der Waals surface area contributed by atoms with E-state index in [2.05, 4.69) is 36.2 Å². The molecule has 1 aromatic rings. The Bertz CT molecular complexity index is 635. The molecular formula is C19H24N2O. The van der Waals surface area contributed by atoms with Crippen LogP contribution in [0.5, 0.6) is 5.75 Å². The van der Waals surface area contributed by atoms with Gasteiger partial charge in [0.2, 0.25) is 0 Å². The van der Waals surface area contributed by atoms with Crippen LogP contribution in [0.15, 0.2) is 18.2 Å². The van der Waals surface area contributed by atoms with Crippen LogP contribution in [-0.4, -0.2) is 24.6 Å². The first-order valence-corrected chi connectivity index (χ1v) is 8.52. The first-order chi connectivity index (χ1) is 10.7. The van der Waals surface area contributed by atoms with E-state index in [1.165, 1.54) is 30.4 Å². The minimum atomic E-state index is 0.276. The average molecular weight is 296 g/mol. The van der Waals surface area contributed by atoms with E-state index >= 15 is 0 Å². The van der Waals surface area contributed by atoms with Gasteiger partial charge in [-0.3, -0.25) is 0 Å². The summed E-state index contributed by atoms with van der Waals surface area (Å²) in [4.78, 5) is 2.06. The monoisotopic (exact) mass is 296 g/mol. The largest absolute Gasteiger partial charge is 0.497 e. The lowest BCUT2D eigenvalue weighted by Gasteiger charge is -2.59. The molecule has 2 bridgehead atoms. The molecule has 1 aromatic carbocycles. The molecule has 1 heterocycles. The second-order valence-electron chi connectivity index (χ2n) is 7.49. The second-order valence-corrected chi connectivity index (χ2v) is 7.49. The number of rotatable bonds is 1. The fraction of sp³-hybridized carbons (Fsp3) is 0.632. The number of hydrogen-bond acceptors (Lipinski definition) is 3. The standard InChI is InChI=1S/C19H24N2O/c1-13-3-6-16-18-9-14-4-5-15(22-2)10-17(14)19(16,11-13)7-8-21(18)12-20/h4-5,10,13,16,18H,3,6-9,11H2,1-2H3/t13-,16-,18-,19+/m0/s1. The number of nitrogens with zero attached hydrogens (tertiary/aromatic N) is 2. The zero-order valence-electron chi connectivity index (χ0n) is 13.5. The Labute approximate surface area is 132 Å². The lowest BCUT2D eigenvalue weighted by Crippen LogP contribution is -2.60. The van der Waals surface area contributed by atoms with Crippen molar-refractivity contribution < 1.29 is 4.74 Å². The molecule has 3 heteroatoms. The lowest BCUT2D eigenvalue weighted by molar-refractivity contribution is 0.00268. The summed E-state index contributed by atoms with van der Waals surface area (Å²) in [6, 6.07) is 7.01. The van der Waals surface area contributed by atoms with Crippen molar-refractivity contribution in [1.82, 2.24) is 4.90 Å². The molecule has 22 heavy (non-hydrogen) atoms. The second kappa shape index (κ2) is 4.91. The van der Waals surface area contributed by atoms with Crippen LogP contribution in [0.25, 0.3) is 0 Å². The van der Waals surface area contributed by atoms with Crippen molar-refractivity contribution in [2.24, 2.45) is 11.8 Å². The maximum Gasteiger partial charge on any atom is 0.179 e. The summed E-state index contributed by atoms with van der Waals surface area (Å²) in [6.07, 6.45) is 8.44. The van der Waals surface area contributed by atoms with Crippen LogP contribution in [0.1, 0.15) is 43.7 Å². The third-order valence-corrected chi connectivity index (χ3v) is 6.47. The number of fused-ring (bicyclic) bond motifs is 1. The van der Waals surface area contributed by atoms with E-state index in [1.807, 2.05) is 0 Å². The molecule has 2 aliphatic carbocycles. The SMILES string of the molecule is COc1ccc2c(c1)[C@@]13CCN(C#N)[C@@H](C2)[C@@H]1CC[C@H](C)C3. The van der Waals surface area contributed by atoms with Crippen LogP contribution >= 0.6 is 0 Å². The summed E-state index contributed by atoms with van der Waals surface area (Å²) < 4.78 is 5.50. The molecule has 1 saturated carbocycles. The average Bonchev–Trinajstić information content (AvgIpc) is 2.54. The Morgan fingerprint density at radius 2 is 2.23 bits per heavy atom. The number of methoxy groups -OCH3 is 1. The van der Waals surface area contributed by atoms with Crippen LogP contribution in [-0.2, 0) is 11.8 Å². The maximum absolute atomic E-state index is 9.53. The van der Waals surface area contributed by atoms with Crippen molar-refractivity contribution in [2.45, 2.75) is 50.5 Å². The zero-order valence-corrected chi connectivity index (χ0v) is 13.5. The van der Waals surface area contributed by atoms with Gasteiger partial charge in [-0.1, -0.05) is 19.4 Å². The molecule has 0 spiro atoms. The first kappa shape index (κ1) is 13.9. The van der Waals surface area contributed by atoms with Gasteiger partial charge < -0.3 is 9.64 Å². The Hall–Kier alpha value is -1.69. The van der Waals surface area contributed by atoms with E-state index in [4.69, 9.17) is 4.74 Å². The molecule has 0 aromatic heterocycles. The molecule has 1 saturated heterocycles. The molecule has 0 N–H and O–H groups in total. The highest BCUT2D eigenvalue weighted by Gasteiger charge is 2.55. The van der Waals surface area contributed by atoms with E-state index in [0.29, 0.717) is 12.0 Å². The molecular weight excluding hydrogens is 272 g/mol. The predicted octanol–water partition coefficient (Wildman–Crippen LogP) is 3.48. The number of benzene rings is 1. The summed E-state index contributed by atoms with van der Waals surface area (Å²) in [5.74, 6) is 2.39. The third kappa shape index (κ3) is 1.79. The molecule has 0 radical (unpaired) electrons. The van der Waals surface area contributed by atoms with Crippen molar-refractivity contribution in [3.63, 3.8) is 0 Å². The number of nitriles is 1. The quantitative estimate of drug-likeness (QED) is 0.744. The molecule has 1 aliphatic heterocycles. The number of piperidine rings is 1. The highest BCUT2D eigenvalue weighted by molar-refractivity contribution is 5.46. The Balaban J connectivity index is 1.87. The molecule has 116 valence electrons. The summed E-state index contributed by atoms with van der Waals surface area (Å²) in [6.45, 7) is 3.31. The number of ether oxygens (including phenoxy) is 1. The van der Waals surface area contributed by atoms with Crippen LogP contribution in [0.2, 0.25) is 0 Å². The lowest BCUT2D eigenvalue weighted by atomic mass is 9.51. The summed E-state index contributed by atoms with van der Waals surface area (Å²) >= 11 is 0. The minimum Gasteiger partial charge on any atom is -0.497 e. The van der Waals surface area contributed by atoms with E-state index in [9.17, 15) is 5.26 Å². The van der Waals surface area contributed by atoms with Crippen molar-refractivity contribution in [3.8, 4) is 11.9 Å². The van der Waals surface area contributed by atoms with Gasteiger partial charge >= 0.3 is 0 Å². The van der Waals surface area contributed by atoms with Crippen LogP contribution < -0.4 is 4.74 Å². The van der Waals surface area contributed by atoms with E-state index in [-0.39, 0.29) is 5.41 Å². The molecule has 4 rings (SSSR count). The van der Waals surface area contributed by atoms with Crippen LogP contribution in [0.4, 0.5) is 0 Å². The first-order valence-electron chi connectivity index (χ1n) is 8.52. The van der Waals surface area contributed by atoms with E-state index in [0.717, 1.165) is 31.1 Å². The summed E-state index contributed by atoms with van der Waals surface area (Å²) in [5, 5.41) is 9.53. The summed E-state index contributed by atoms with van der Waals surface area (Å²) in [7, 11) is 1.75. The highest BCUT2D eigenvalue weighted by Crippen LogP contribution is 2.57. The van der Waals surface area contributed by atoms with Crippen LogP contribution in [0.3, 0.4) is 0 Å². The third-order valence-electron chi connectivity index (χ3n) is 6.47. The van der Waals surface area contributed by atoms with Gasteiger partial charge in [-0.05, 0) is 60.8 Å². The minimum absolute atomic E-state index is 0.276. The topological polar surface area (TPSA) is 36.3 Å². The van der Waals surface area contributed by atoms with Gasteiger partial charge in [-0.25, -0.2) is 0 Å². The van der Waals surface area contributed by atoms with Crippen molar-refractivity contribution in [3.05, 3.63) is 29.3 Å². The van der Waals surface area contributed by atoms with Crippen molar-refractivity contribution in [1.29, 1.82) is 5.26 Å². The molecule has 0 amide bonds. The van der Waals surface area contributed by atoms with Crippen molar-refractivity contribution >= 4 is 0 Å². The summed E-state index contributed by atoms with van der Waals surface area (Å²) in [5.41, 5.74) is 3.24. The van der Waals surface area contributed by atoms with Gasteiger partial charge in [0, 0.05) is 18.0 Å². The van der Waals surface area contributed by atoms with Gasteiger partial charge in [-0.15, -0.1) is 0 Å². The van der Waals surface area contributed by atoms with Gasteiger partial charge in [-0.2, -0.15) is 5.26 Å². The van der Waals surface area contributed by atoms with Gasteiger partial charge in [0.05, 0.1) is 7.11 Å². The Morgan fingerprint density at radius 3 is 3.00 bits per heavy atom. The van der Waals surface area contributed by atoms with Gasteiger partial charge in [0.1, 0.15) is 5.75 Å². The van der Waals surface area contributed by atoms with E-state index in [1.54, 1.807) is 7.11 Å². The molecule has 2 fully saturated rings. The highest BCUT2D eigenvalue weighted by atomic mass is 16.5. The van der Waals surface area contributed by atoms with Crippen molar-refractivity contribution in [2.75, 3.05) is 13.7 Å². The molecule has 3 nitrogen and oxygen atoms in total. The van der Waals surface area contributed by atoms with Crippen LogP contribution in [0, 0.1) is 23.3 Å². The normalized spacial score (nSPS) is 36.0. The van der Waals surface area contributed by atoms with Gasteiger partial charge in [0.25, 0.3) is 0 Å². The molecule has 4 atom stereocenters. The van der Waals surface area contributed by atoms with E-state index < -0.39 is 0 Å². The molecule has 0 unspecified atom stereocenters. The zero-order chi connectivity index (χ0) is 15.3. The van der Waals surface area contributed by atoms with Gasteiger partial charge in [0.15, 0.2) is 6.19 Å². The predicted molar refractivity (Wildman–Crippen MR) is 85.6 cm³/mol. The Morgan fingerprint density at radius 1 is 1.36 bits per heavy atom. The smallest absolute Gasteiger partial charge is 0.179 e. The number of likely N-dealkylation sites (tertiary alicyclic amines) is 1. The fourth-order valence-electron chi connectivity index (χ4n) is 5.54.